The molecule has 0 radical (unpaired) electrons. The quantitative estimate of drug-likeness (QED) is 0.0275. The highest BCUT2D eigenvalue weighted by atomic mass is 35.5. The van der Waals surface area contributed by atoms with E-state index in [4.69, 9.17) is 51.1 Å². The minimum absolute atomic E-state index is 0.00646. The van der Waals surface area contributed by atoms with Crippen LogP contribution < -0.4 is 31.9 Å². The van der Waals surface area contributed by atoms with E-state index in [1.165, 1.54) is 22.6 Å². The summed E-state index contributed by atoms with van der Waals surface area (Å²) < 4.78 is 84.4. The summed E-state index contributed by atoms with van der Waals surface area (Å²) in [5.41, 5.74) is 9.87. The Morgan fingerprint density at radius 3 is 2.08 bits per heavy atom. The average Bonchev–Trinajstić information content (AvgIpc) is 3.92. The lowest BCUT2D eigenvalue weighted by atomic mass is 10.1. The molecule has 2 aliphatic rings. The number of methoxy groups -OCH3 is 1. The second-order valence-electron chi connectivity index (χ2n) is 13.7. The lowest BCUT2D eigenvalue weighted by Crippen LogP contribution is -2.39. The zero-order chi connectivity index (χ0) is 44.9. The minimum Gasteiger partial charge on any atom is -0.489 e. The van der Waals surface area contributed by atoms with E-state index < -0.39 is 96.5 Å². The highest BCUT2D eigenvalue weighted by Crippen LogP contribution is 2.67. The van der Waals surface area contributed by atoms with Crippen LogP contribution in [0.25, 0.3) is 22.3 Å². The number of nitrogen functional groups attached to an aromatic ring is 2. The Morgan fingerprint density at radius 1 is 0.871 bits per heavy atom. The summed E-state index contributed by atoms with van der Waals surface area (Å²) in [6, 6.07) is 6.59. The van der Waals surface area contributed by atoms with Crippen molar-refractivity contribution in [3.63, 3.8) is 0 Å². The maximum absolute atomic E-state index is 13.1. The van der Waals surface area contributed by atoms with Gasteiger partial charge in [0.2, 0.25) is 24.5 Å². The molecule has 6 heterocycles. The number of imidazole rings is 2. The first-order chi connectivity index (χ1) is 29.2. The number of hydrogen-bond acceptors (Lipinski definition) is 21. The van der Waals surface area contributed by atoms with Crippen LogP contribution >= 0.6 is 34.7 Å². The fraction of sp³-hybridized carbons (Fsp3) is 0.448. The van der Waals surface area contributed by atoms with Crippen LogP contribution in [-0.4, -0.2) is 130 Å². The second-order valence-corrected chi connectivity index (χ2v) is 19.4. The fourth-order valence-electron chi connectivity index (χ4n) is 6.65. The summed E-state index contributed by atoms with van der Waals surface area (Å²) in [7, 11) is -14.2. The van der Waals surface area contributed by atoms with Gasteiger partial charge < -0.3 is 55.5 Å². The zero-order valence-corrected chi connectivity index (χ0v) is 35.5. The van der Waals surface area contributed by atoms with Crippen molar-refractivity contribution in [2.45, 2.75) is 55.6 Å². The lowest BCUT2D eigenvalue weighted by molar-refractivity contribution is -0.673. The van der Waals surface area contributed by atoms with Gasteiger partial charge in [0.05, 0.1) is 19.5 Å². The van der Waals surface area contributed by atoms with E-state index >= 15 is 0 Å². The van der Waals surface area contributed by atoms with Gasteiger partial charge in [0.25, 0.3) is 31.8 Å². The van der Waals surface area contributed by atoms with Crippen molar-refractivity contribution < 1.29 is 80.0 Å². The van der Waals surface area contributed by atoms with E-state index in [2.05, 4.69) is 33.5 Å². The number of H-pyrrole nitrogens is 2. The number of fused-ring (bicyclic) bond motifs is 2. The number of hydrogen-bond donors (Lipinski definition) is 9. The summed E-state index contributed by atoms with van der Waals surface area (Å²) in [4.78, 5) is 62.7. The van der Waals surface area contributed by atoms with Crippen molar-refractivity contribution in [1.29, 1.82) is 0 Å². The van der Waals surface area contributed by atoms with Crippen molar-refractivity contribution >= 4 is 76.5 Å². The Kier molecular flexibility index (Phi) is 13.2. The minimum atomic E-state index is -5.47. The number of benzene rings is 1. The molecule has 0 spiro atoms. The fourth-order valence-corrected chi connectivity index (χ4v) is 11.2. The number of phosphoric acid groups is 2. The van der Waals surface area contributed by atoms with Crippen LogP contribution in [0, 0.1) is 0 Å². The van der Waals surface area contributed by atoms with E-state index in [-0.39, 0.29) is 47.4 Å². The predicted octanol–water partition coefficient (Wildman–Crippen LogP) is -2.06. The number of nitrogens with two attached hydrogens (primary N) is 2. The van der Waals surface area contributed by atoms with Gasteiger partial charge in [-0.1, -0.05) is 11.6 Å². The number of aromatic nitrogens is 8. The molecule has 2 saturated heterocycles. The van der Waals surface area contributed by atoms with Crippen LogP contribution in [-0.2, 0) is 52.1 Å². The van der Waals surface area contributed by atoms with Crippen molar-refractivity contribution in [3.05, 3.63) is 62.7 Å². The first-order valence-corrected chi connectivity index (χ1v) is 23.2. The number of anilines is 2. The summed E-state index contributed by atoms with van der Waals surface area (Å²) in [5.74, 6) is -0.0279. The predicted molar refractivity (Wildman–Crippen MR) is 211 cm³/mol. The Morgan fingerprint density at radius 2 is 1.45 bits per heavy atom. The molecule has 11 atom stereocenters. The lowest BCUT2D eigenvalue weighted by Gasteiger charge is -2.22. The molecule has 33 heteroatoms. The molecule has 7 rings (SSSR count). The van der Waals surface area contributed by atoms with E-state index in [9.17, 15) is 48.4 Å². The van der Waals surface area contributed by atoms with Gasteiger partial charge in [-0.05, 0) is 24.3 Å². The number of phosphoric ester groups is 2. The Labute approximate surface area is 352 Å². The molecule has 1 aromatic carbocycles. The molecule has 336 valence electrons. The molecule has 0 bridgehead atoms. The molecule has 2 aliphatic heterocycles. The summed E-state index contributed by atoms with van der Waals surface area (Å²) in [5, 5.41) is 32.8. The number of rotatable bonds is 17. The number of nitrogens with zero attached hydrogens (tertiary/aromatic N) is 6. The molecule has 5 aromatic rings. The maximum Gasteiger partial charge on any atom is 0.478 e. The standard InChI is InChI=1S/C29H37BClN10O18P3/c1-52-21-19(43)15(57-27(21)41-11-39(17-23(41)36-29(33)38-25(17)46)6-7-53-13-4-2-12(31)3-5-13)9-55-62(50,51)59-60(30,47)58-61(48,49)54-8-14-18(42)20(44)26(56-14)40-10-34-16-22(40)35-28(32)37-24(16)45/h2-5,10-11,14-15,18-21,26-27,42-44H,6-9,30H2,1H3,(H7-,32,33,35,36,37,38,45,46,48,49,50,51)/p+1/t14-,15-,18-,19-,20-,21-,26-,27-,60?/m1/s1. The topological polar surface area (TPSA) is 396 Å². The van der Waals surface area contributed by atoms with Gasteiger partial charge in [0.15, 0.2) is 23.5 Å². The Hall–Kier alpha value is -4.12. The highest BCUT2D eigenvalue weighted by molar-refractivity contribution is 7.86. The van der Waals surface area contributed by atoms with Crippen molar-refractivity contribution in [1.82, 2.24) is 34.1 Å². The number of nitrogens with one attached hydrogen (secondary N) is 2. The molecule has 0 amide bonds. The highest BCUT2D eigenvalue weighted by Gasteiger charge is 2.51. The molecule has 0 saturated carbocycles. The SMILES string of the molecule is BP(=O)(OP(=O)(O)OC[C@H]1O[C@@H](n2cnc3c(=O)[nH]c(N)nc32)[C@H](O)[C@@H]1O)OP(=O)(O)OC[C@H]1O[C@@H](n2c[n+](CCOc3ccc(Cl)cc3)c3c(=O)[nH]c(N)nc32)[C@H](OC)[C@@H]1O. The molecule has 3 unspecified atom stereocenters. The van der Waals surface area contributed by atoms with E-state index in [0.717, 1.165) is 10.9 Å². The molecule has 62 heavy (non-hydrogen) atoms. The third kappa shape index (κ3) is 9.83. The van der Waals surface area contributed by atoms with Gasteiger partial charge >= 0.3 is 21.2 Å². The summed E-state index contributed by atoms with van der Waals surface area (Å²) >= 11 is 5.94. The van der Waals surface area contributed by atoms with Crippen LogP contribution in [0.3, 0.4) is 0 Å². The number of aliphatic hydroxyl groups is 3. The van der Waals surface area contributed by atoms with Crippen LogP contribution in [0.5, 0.6) is 5.75 Å². The summed E-state index contributed by atoms with van der Waals surface area (Å²) in [6.45, 7) is -1.72. The first-order valence-electron chi connectivity index (χ1n) is 17.9. The van der Waals surface area contributed by atoms with E-state index in [0.29, 0.717) is 18.3 Å². The van der Waals surface area contributed by atoms with Gasteiger partial charge in [-0.3, -0.25) is 37.7 Å². The third-order valence-corrected chi connectivity index (χ3v) is 14.6. The number of halogens is 1. The summed E-state index contributed by atoms with van der Waals surface area (Å²) in [6.07, 6.45) is -9.48. The second kappa shape index (κ2) is 17.8. The Bertz CT molecular complexity index is 2720. The molecular weight excluding hydrogens is 916 g/mol. The van der Waals surface area contributed by atoms with Crippen LogP contribution in [0.15, 0.2) is 46.5 Å². The van der Waals surface area contributed by atoms with Gasteiger partial charge in [0, 0.05) is 12.1 Å². The van der Waals surface area contributed by atoms with Gasteiger partial charge in [0.1, 0.15) is 49.4 Å². The van der Waals surface area contributed by atoms with Crippen LogP contribution in [0.2, 0.25) is 5.02 Å². The molecular formula is C29H38BClN10O18P3+. The molecule has 11 N–H and O–H groups in total. The molecule has 0 aliphatic carbocycles. The number of aromatic amines is 2. The monoisotopic (exact) mass is 953 g/mol. The largest absolute Gasteiger partial charge is 0.489 e. The third-order valence-electron chi connectivity index (χ3n) is 9.33. The Balaban J connectivity index is 0.966. The molecule has 2 fully saturated rings. The van der Waals surface area contributed by atoms with Gasteiger partial charge in [-0.2, -0.15) is 14.5 Å². The van der Waals surface area contributed by atoms with Crippen LogP contribution in [0.4, 0.5) is 11.9 Å². The zero-order valence-electron chi connectivity index (χ0n) is 32.0. The van der Waals surface area contributed by atoms with Crippen molar-refractivity contribution in [2.24, 2.45) is 0 Å². The number of ether oxygens (including phenoxy) is 4. The van der Waals surface area contributed by atoms with E-state index in [1.54, 1.807) is 24.3 Å². The first kappa shape index (κ1) is 45.9. The molecule has 4 aromatic heterocycles. The molecule has 28 nitrogen and oxygen atoms in total. The van der Waals surface area contributed by atoms with Crippen molar-refractivity contribution in [3.8, 4) is 5.75 Å². The van der Waals surface area contributed by atoms with Gasteiger partial charge in [-0.25, -0.2) is 27.3 Å². The van der Waals surface area contributed by atoms with E-state index in [1.807, 2.05) is 0 Å². The maximum atomic E-state index is 13.1. The smallest absolute Gasteiger partial charge is 0.478 e. The van der Waals surface area contributed by atoms with Gasteiger partial charge in [-0.15, -0.1) is 0 Å². The average molecular weight is 954 g/mol. The normalized spacial score (nSPS) is 27.0. The van der Waals surface area contributed by atoms with Crippen LogP contribution in [0.1, 0.15) is 12.5 Å². The van der Waals surface area contributed by atoms with Crippen molar-refractivity contribution in [2.75, 3.05) is 38.4 Å². The number of aliphatic hydroxyl groups excluding tert-OH is 3.